The number of rotatable bonds is 14. The van der Waals surface area contributed by atoms with Crippen molar-refractivity contribution in [2.24, 2.45) is 5.41 Å². The third kappa shape index (κ3) is 10.0. The number of alkyl halides is 2. The van der Waals surface area contributed by atoms with E-state index in [4.69, 9.17) is 19.3 Å². The Balaban J connectivity index is 1.66. The molecule has 4 rings (SSSR count). The maximum atomic E-state index is 14.5. The molecule has 0 unspecified atom stereocenters. The Morgan fingerprint density at radius 2 is 1.75 bits per heavy atom. The second-order valence-corrected chi connectivity index (χ2v) is 17.0. The van der Waals surface area contributed by atoms with Crippen molar-refractivity contribution in [2.45, 2.75) is 64.4 Å². The highest BCUT2D eigenvalue weighted by Crippen LogP contribution is 2.59. The van der Waals surface area contributed by atoms with Crippen LogP contribution >= 0.6 is 34.9 Å². The summed E-state index contributed by atoms with van der Waals surface area (Å²) in [6.45, 7) is 5.93. The first kappa shape index (κ1) is 41.9. The van der Waals surface area contributed by atoms with E-state index in [1.165, 1.54) is 21.9 Å². The lowest BCUT2D eigenvalue weighted by Crippen LogP contribution is -2.58. The number of nitrogens with zero attached hydrogens (tertiary/aromatic N) is 2. The zero-order valence-electron chi connectivity index (χ0n) is 29.1. The third-order valence-corrected chi connectivity index (χ3v) is 11.0. The van der Waals surface area contributed by atoms with Crippen molar-refractivity contribution in [3.8, 4) is 0 Å². The van der Waals surface area contributed by atoms with E-state index < -0.39 is 85.1 Å². The number of carboxylic acids is 1. The van der Waals surface area contributed by atoms with Crippen LogP contribution in [-0.2, 0) is 38.9 Å². The third-order valence-electron chi connectivity index (χ3n) is 8.37. The molecule has 1 aromatic heterocycles. The van der Waals surface area contributed by atoms with Crippen LogP contribution in [0.4, 0.5) is 14.5 Å². The quantitative estimate of drug-likeness (QED) is 0.124. The number of halogens is 3. The van der Waals surface area contributed by atoms with E-state index >= 15 is 0 Å². The van der Waals surface area contributed by atoms with Crippen LogP contribution in [0.1, 0.15) is 55.8 Å². The number of benzene rings is 2. The van der Waals surface area contributed by atoms with Crippen molar-refractivity contribution in [1.29, 1.82) is 0 Å². The molecule has 1 aliphatic heterocycles. The van der Waals surface area contributed by atoms with E-state index in [0.29, 0.717) is 14.9 Å². The van der Waals surface area contributed by atoms with Gasteiger partial charge in [-0.3, -0.25) is 23.7 Å². The van der Waals surface area contributed by atoms with Gasteiger partial charge in [0.15, 0.2) is 0 Å². The molecule has 1 fully saturated rings. The molecule has 0 bridgehead atoms. The number of fused-ring (bicyclic) bond motifs is 1. The van der Waals surface area contributed by atoms with Crippen molar-refractivity contribution >= 4 is 80.3 Å². The summed E-state index contributed by atoms with van der Waals surface area (Å²) in [7, 11) is -5.84. The number of ether oxygens (including phenoxy) is 2. The number of amides is 3. The Kier molecular flexibility index (Phi) is 13.2. The maximum absolute atomic E-state index is 14.5. The lowest BCUT2D eigenvalue weighted by Gasteiger charge is -2.36. The van der Waals surface area contributed by atoms with Crippen LogP contribution in [-0.4, -0.2) is 93.9 Å². The van der Waals surface area contributed by atoms with Crippen molar-refractivity contribution in [1.82, 2.24) is 10.2 Å². The SMILES string of the molecule is CCOC(=O)CO[C@H]1C[C@@H](C(=O)N(CCC(=O)O)c2ccc(Br)cc2)N(C(=O)[C@@H](NC(=O)c2cc3cc(C(F)(F)P(=O)(O)O)ccc3s2)C(C)(C)C)C1. The molecule has 2 aromatic carbocycles. The molecule has 1 saturated heterocycles. The van der Waals surface area contributed by atoms with E-state index in [-0.39, 0.29) is 36.4 Å². The summed E-state index contributed by atoms with van der Waals surface area (Å²) in [6, 6.07) is 8.30. The molecule has 0 spiro atoms. The van der Waals surface area contributed by atoms with Gasteiger partial charge in [-0.15, -0.1) is 11.3 Å². The zero-order chi connectivity index (χ0) is 39.5. The Hall–Kier alpha value is -3.80. The molecule has 2 heterocycles. The first-order valence-corrected chi connectivity index (χ1v) is 19.5. The van der Waals surface area contributed by atoms with Crippen LogP contribution < -0.4 is 10.2 Å². The highest BCUT2D eigenvalue weighted by atomic mass is 79.9. The van der Waals surface area contributed by atoms with E-state index in [0.717, 1.165) is 23.5 Å². The number of thiophene rings is 1. The predicted molar refractivity (Wildman–Crippen MR) is 194 cm³/mol. The monoisotopic (exact) mass is 845 g/mol. The summed E-state index contributed by atoms with van der Waals surface area (Å²) < 4.78 is 52.0. The minimum Gasteiger partial charge on any atom is -0.481 e. The summed E-state index contributed by atoms with van der Waals surface area (Å²) in [6.07, 6.45) is -1.28. The Morgan fingerprint density at radius 1 is 1.09 bits per heavy atom. The van der Waals surface area contributed by atoms with Crippen LogP contribution in [0.2, 0.25) is 0 Å². The molecule has 1 aliphatic rings. The predicted octanol–water partition coefficient (Wildman–Crippen LogP) is 5.09. The summed E-state index contributed by atoms with van der Waals surface area (Å²) in [5, 5.41) is 12.3. The molecule has 3 aromatic rings. The molecule has 3 amide bonds. The molecule has 0 saturated carbocycles. The van der Waals surface area contributed by atoms with Gasteiger partial charge in [0.1, 0.15) is 18.7 Å². The summed E-state index contributed by atoms with van der Waals surface area (Å²) in [5.74, 6) is -3.85. The van der Waals surface area contributed by atoms with Crippen LogP contribution in [0.25, 0.3) is 10.1 Å². The average Bonchev–Trinajstić information content (AvgIpc) is 3.70. The lowest BCUT2D eigenvalue weighted by atomic mass is 9.85. The number of carbonyl (C=O) groups excluding carboxylic acids is 4. The van der Waals surface area contributed by atoms with E-state index in [1.807, 2.05) is 0 Å². The molecule has 0 radical (unpaired) electrons. The maximum Gasteiger partial charge on any atom is 0.399 e. The summed E-state index contributed by atoms with van der Waals surface area (Å²) in [4.78, 5) is 86.9. The lowest BCUT2D eigenvalue weighted by molar-refractivity contribution is -0.150. The van der Waals surface area contributed by atoms with Gasteiger partial charge in [0.05, 0.1) is 24.0 Å². The summed E-state index contributed by atoms with van der Waals surface area (Å²) >= 11 is 4.24. The first-order chi connectivity index (χ1) is 24.6. The van der Waals surface area contributed by atoms with Crippen LogP contribution in [0.15, 0.2) is 53.0 Å². The number of esters is 1. The molecular weight excluding hydrogens is 807 g/mol. The second kappa shape index (κ2) is 16.7. The molecule has 3 atom stereocenters. The van der Waals surface area contributed by atoms with Gasteiger partial charge in [-0.2, -0.15) is 8.78 Å². The fraction of sp³-hybridized carbons (Fsp3) is 0.441. The van der Waals surface area contributed by atoms with Crippen LogP contribution in [0.5, 0.6) is 0 Å². The number of nitrogens with one attached hydrogen (secondary N) is 1. The van der Waals surface area contributed by atoms with Gasteiger partial charge < -0.3 is 39.5 Å². The Bertz CT molecular complexity index is 1920. The zero-order valence-corrected chi connectivity index (χ0v) is 32.4. The number of likely N-dealkylation sites (tertiary alicyclic amines) is 1. The van der Waals surface area contributed by atoms with Gasteiger partial charge in [-0.05, 0) is 60.2 Å². The summed E-state index contributed by atoms with van der Waals surface area (Å²) in [5.41, 5.74) is -5.99. The molecule has 0 aliphatic carbocycles. The second-order valence-electron chi connectivity index (χ2n) is 13.3. The van der Waals surface area contributed by atoms with Crippen molar-refractivity contribution in [2.75, 3.05) is 31.2 Å². The van der Waals surface area contributed by atoms with E-state index in [9.17, 15) is 42.4 Å². The fourth-order valence-electron chi connectivity index (χ4n) is 5.69. The van der Waals surface area contributed by atoms with Crippen LogP contribution in [0.3, 0.4) is 0 Å². The van der Waals surface area contributed by atoms with Gasteiger partial charge >= 0.3 is 25.2 Å². The van der Waals surface area contributed by atoms with Crippen LogP contribution in [0, 0.1) is 5.41 Å². The molecule has 4 N–H and O–H groups in total. The topological polar surface area (TPSA) is 200 Å². The normalized spacial score (nSPS) is 17.0. The minimum atomic E-state index is -5.84. The van der Waals surface area contributed by atoms with E-state index in [2.05, 4.69) is 21.2 Å². The number of anilines is 1. The minimum absolute atomic E-state index is 0.0125. The van der Waals surface area contributed by atoms with Gasteiger partial charge in [0.25, 0.3) is 5.91 Å². The van der Waals surface area contributed by atoms with Gasteiger partial charge in [-0.25, -0.2) is 4.79 Å². The van der Waals surface area contributed by atoms with Crippen molar-refractivity contribution in [3.63, 3.8) is 0 Å². The van der Waals surface area contributed by atoms with Gasteiger partial charge in [0.2, 0.25) is 11.8 Å². The Morgan fingerprint density at radius 3 is 2.34 bits per heavy atom. The molecular formula is C34H39BrF2N3O11PS. The Labute approximate surface area is 315 Å². The fourth-order valence-corrected chi connectivity index (χ4v) is 7.37. The number of hydrogen-bond donors (Lipinski definition) is 4. The first-order valence-electron chi connectivity index (χ1n) is 16.3. The largest absolute Gasteiger partial charge is 0.481 e. The van der Waals surface area contributed by atoms with Gasteiger partial charge in [0, 0.05) is 39.9 Å². The highest BCUT2D eigenvalue weighted by molar-refractivity contribution is 9.10. The standard InChI is InChI=1S/C34H39BrF2N3O11PS/c1-5-50-28(43)18-51-23-16-24(31(45)39(13-12-27(41)42)22-9-7-21(35)8-10-22)40(17-23)32(46)29(33(2,3)4)38-30(44)26-15-19-14-20(6-11-25(19)53-26)34(36,37)52(47,48)49/h6-11,14-15,23-24,29H,5,12-13,16-18H2,1-4H3,(H,38,44)(H,41,42)(H2,47,48,49)/t23-,24-,29+/m0/s1. The van der Waals surface area contributed by atoms with E-state index in [1.54, 1.807) is 52.0 Å². The molecule has 19 heteroatoms. The molecule has 53 heavy (non-hydrogen) atoms. The van der Waals surface area contributed by atoms with Gasteiger partial charge in [-0.1, -0.05) is 42.8 Å². The highest BCUT2D eigenvalue weighted by Gasteiger charge is 2.50. The average molecular weight is 847 g/mol. The molecule has 14 nitrogen and oxygen atoms in total. The number of carboxylic acid groups (broad SMARTS) is 1. The van der Waals surface area contributed by atoms with Crippen molar-refractivity contribution < 1.29 is 61.7 Å². The molecule has 288 valence electrons. The number of carbonyl (C=O) groups is 5. The number of aliphatic carboxylic acids is 1. The number of hydrogen-bond acceptors (Lipinski definition) is 9. The smallest absolute Gasteiger partial charge is 0.399 e. The van der Waals surface area contributed by atoms with Crippen molar-refractivity contribution in [3.05, 3.63) is 63.4 Å².